The number of piperazine rings is 1. The van der Waals surface area contributed by atoms with Crippen molar-refractivity contribution in [3.63, 3.8) is 0 Å². The van der Waals surface area contributed by atoms with Gasteiger partial charge in [-0.25, -0.2) is 4.39 Å². The molecule has 9 nitrogen and oxygen atoms in total. The van der Waals surface area contributed by atoms with Gasteiger partial charge in [0, 0.05) is 36.9 Å². The lowest BCUT2D eigenvalue weighted by Gasteiger charge is -2.36. The number of fused-ring (bicyclic) bond motifs is 4. The van der Waals surface area contributed by atoms with E-state index < -0.39 is 12.1 Å². The molecule has 0 aliphatic carbocycles. The van der Waals surface area contributed by atoms with Crippen LogP contribution in [0.15, 0.2) is 24.4 Å². The molecule has 2 aromatic heterocycles. The molecule has 3 atom stereocenters. The van der Waals surface area contributed by atoms with Crippen LogP contribution in [-0.4, -0.2) is 77.1 Å². The number of likely N-dealkylation sites (N-methyl/N-ethyl adjacent to an activating group) is 1. The molecule has 3 unspecified atom stereocenters. The Morgan fingerprint density at radius 3 is 2.68 bits per heavy atom. The fourth-order valence-corrected chi connectivity index (χ4v) is 6.95. The van der Waals surface area contributed by atoms with Crippen LogP contribution in [0.1, 0.15) is 45.4 Å². The van der Waals surface area contributed by atoms with Gasteiger partial charge in [0.05, 0.1) is 10.9 Å². The predicted molar refractivity (Wildman–Crippen MR) is 146 cm³/mol. The zero-order valence-electron chi connectivity index (χ0n) is 23.1. The minimum absolute atomic E-state index is 0.0217. The number of alkyl halides is 2. The molecule has 6 heterocycles. The summed E-state index contributed by atoms with van der Waals surface area (Å²) in [5, 5.41) is 4.05. The van der Waals surface area contributed by atoms with E-state index in [0.29, 0.717) is 29.9 Å². The maximum absolute atomic E-state index is 16.4. The number of anilines is 1. The van der Waals surface area contributed by atoms with Gasteiger partial charge in [-0.05, 0) is 57.8 Å². The highest BCUT2D eigenvalue weighted by Gasteiger charge is 2.45. The lowest BCUT2D eigenvalue weighted by atomic mass is 9.92. The van der Waals surface area contributed by atoms with E-state index in [9.17, 15) is 8.78 Å². The number of hydrogen-bond acceptors (Lipinski definition) is 9. The number of benzene rings is 1. The number of rotatable bonds is 7. The van der Waals surface area contributed by atoms with Crippen LogP contribution in [0, 0.1) is 5.82 Å². The molecule has 3 fully saturated rings. The smallest absolute Gasteiger partial charge is 0.461 e. The molecule has 0 amide bonds. The topological polar surface area (TPSA) is 84.9 Å². The highest BCUT2D eigenvalue weighted by molar-refractivity contribution is 5.92. The Bertz CT molecular complexity index is 1480. The van der Waals surface area contributed by atoms with Gasteiger partial charge in [0.2, 0.25) is 0 Å². The summed E-state index contributed by atoms with van der Waals surface area (Å²) in [5.74, 6) is -0.643. The number of likely N-dealkylation sites (tertiary alicyclic amines) is 1. The first-order chi connectivity index (χ1) is 19.7. The highest BCUT2D eigenvalue weighted by Crippen LogP contribution is 2.47. The van der Waals surface area contributed by atoms with E-state index in [2.05, 4.69) is 43.8 Å². The molecule has 3 saturated heterocycles. The first-order valence-corrected chi connectivity index (χ1v) is 14.4. The summed E-state index contributed by atoms with van der Waals surface area (Å²) in [4.78, 5) is 18.2. The number of pyridine rings is 1. The van der Waals surface area contributed by atoms with Gasteiger partial charge in [-0.1, -0.05) is 19.4 Å². The number of aromatic nitrogens is 3. The summed E-state index contributed by atoms with van der Waals surface area (Å²) in [6.07, 6.45) is 3.88. The van der Waals surface area contributed by atoms with Crippen LogP contribution in [0.25, 0.3) is 22.2 Å². The van der Waals surface area contributed by atoms with Crippen molar-refractivity contribution >= 4 is 16.7 Å². The third kappa shape index (κ3) is 4.61. The van der Waals surface area contributed by atoms with Crippen molar-refractivity contribution in [1.82, 2.24) is 25.2 Å². The number of nitrogens with one attached hydrogen (secondary N) is 1. The van der Waals surface area contributed by atoms with Crippen LogP contribution in [0.4, 0.5) is 19.0 Å². The summed E-state index contributed by atoms with van der Waals surface area (Å²) in [7, 11) is 2.11. The number of halogens is 3. The molecule has 2 bridgehead atoms. The van der Waals surface area contributed by atoms with E-state index in [1.807, 2.05) is 0 Å². The van der Waals surface area contributed by atoms with Crippen molar-refractivity contribution in [3.05, 3.63) is 30.2 Å². The van der Waals surface area contributed by atoms with Crippen LogP contribution in [-0.2, 0) is 0 Å². The lowest BCUT2D eigenvalue weighted by Crippen LogP contribution is -2.51. The molecule has 0 radical (unpaired) electrons. The first-order valence-electron chi connectivity index (χ1n) is 14.4. The van der Waals surface area contributed by atoms with E-state index >= 15 is 4.39 Å². The number of para-hydroxylation sites is 1. The van der Waals surface area contributed by atoms with Crippen molar-refractivity contribution in [3.8, 4) is 28.8 Å². The summed E-state index contributed by atoms with van der Waals surface area (Å²) < 4.78 is 59.7. The van der Waals surface area contributed by atoms with Crippen molar-refractivity contribution < 1.29 is 27.4 Å². The normalized spacial score (nSPS) is 26.7. The van der Waals surface area contributed by atoms with Crippen molar-refractivity contribution in [2.45, 2.75) is 69.4 Å². The first kappa shape index (κ1) is 26.5. The van der Waals surface area contributed by atoms with E-state index in [0.717, 1.165) is 58.2 Å². The summed E-state index contributed by atoms with van der Waals surface area (Å²) in [5.41, 5.74) is -0.217. The maximum Gasteiger partial charge on any atom is 0.586 e. The van der Waals surface area contributed by atoms with E-state index in [4.69, 9.17) is 14.5 Å². The Labute approximate surface area is 236 Å². The molecule has 0 spiro atoms. The Balaban J connectivity index is 1.32. The minimum Gasteiger partial charge on any atom is -0.461 e. The van der Waals surface area contributed by atoms with E-state index in [-0.39, 0.29) is 39.8 Å². The Hall–Kier alpha value is -3.38. The average Bonchev–Trinajstić information content (AvgIpc) is 3.59. The third-order valence-corrected chi connectivity index (χ3v) is 8.97. The fraction of sp³-hybridized carbons (Fsp3) is 0.552. The molecule has 0 saturated carbocycles. The molecule has 1 aromatic carbocycles. The molecule has 4 aliphatic rings. The van der Waals surface area contributed by atoms with E-state index in [1.54, 1.807) is 0 Å². The second-order valence-corrected chi connectivity index (χ2v) is 11.6. The van der Waals surface area contributed by atoms with Gasteiger partial charge >= 0.3 is 12.3 Å². The zero-order chi connectivity index (χ0) is 28.4. The molecule has 41 heavy (non-hydrogen) atoms. The van der Waals surface area contributed by atoms with E-state index in [1.165, 1.54) is 24.4 Å². The quantitative estimate of drug-likeness (QED) is 0.433. The second-order valence-electron chi connectivity index (χ2n) is 11.6. The molecule has 218 valence electrons. The predicted octanol–water partition coefficient (Wildman–Crippen LogP) is 4.74. The van der Waals surface area contributed by atoms with Crippen molar-refractivity contribution in [2.24, 2.45) is 0 Å². The summed E-state index contributed by atoms with van der Waals surface area (Å²) in [6, 6.07) is 5.05. The molecule has 1 N–H and O–H groups in total. The molecular formula is C29H33F3N6O3. The van der Waals surface area contributed by atoms with Crippen molar-refractivity contribution in [1.29, 1.82) is 0 Å². The molecule has 4 aliphatic heterocycles. The van der Waals surface area contributed by atoms with Gasteiger partial charge in [0.25, 0.3) is 0 Å². The molecule has 3 aromatic rings. The monoisotopic (exact) mass is 570 g/mol. The van der Waals surface area contributed by atoms with Gasteiger partial charge in [-0.2, -0.15) is 9.97 Å². The minimum atomic E-state index is -3.84. The van der Waals surface area contributed by atoms with Gasteiger partial charge in [-0.3, -0.25) is 9.88 Å². The molecule has 7 rings (SSSR count). The molecule has 12 heteroatoms. The summed E-state index contributed by atoms with van der Waals surface area (Å²) >= 11 is 0. The van der Waals surface area contributed by atoms with Crippen molar-refractivity contribution in [2.75, 3.05) is 38.2 Å². The summed E-state index contributed by atoms with van der Waals surface area (Å²) in [6.45, 7) is 4.99. The number of ether oxygens (including phenoxy) is 3. The Morgan fingerprint density at radius 1 is 1.15 bits per heavy atom. The third-order valence-electron chi connectivity index (χ3n) is 8.97. The lowest BCUT2D eigenvalue weighted by molar-refractivity contribution is -0.286. The van der Waals surface area contributed by atoms with Crippen LogP contribution in [0.3, 0.4) is 0 Å². The zero-order valence-corrected chi connectivity index (χ0v) is 23.1. The van der Waals surface area contributed by atoms with Gasteiger partial charge in [0.1, 0.15) is 23.6 Å². The van der Waals surface area contributed by atoms with Crippen LogP contribution in [0.2, 0.25) is 0 Å². The largest absolute Gasteiger partial charge is 0.586 e. The van der Waals surface area contributed by atoms with Crippen LogP contribution in [0.5, 0.6) is 17.5 Å². The standard InChI is InChI=1S/C29H33F3N6O3/c1-3-10-28(11-5-12-37(28)2)16-39-27-35-24-20(26(36-27)38-14-17-8-9-18(15-38)34-17)13-33-23(22(24)30)19-6-4-7-21-25(19)41-29(31,32)40-21/h4,6-7,13,17-18,34H,3,5,8-12,14-16H2,1-2H3. The Morgan fingerprint density at radius 2 is 1.95 bits per heavy atom. The highest BCUT2D eigenvalue weighted by atomic mass is 19.3. The van der Waals surface area contributed by atoms with Crippen LogP contribution >= 0.6 is 0 Å². The number of nitrogens with zero attached hydrogens (tertiary/aromatic N) is 5. The fourth-order valence-electron chi connectivity index (χ4n) is 6.95. The van der Waals surface area contributed by atoms with Gasteiger partial charge < -0.3 is 24.4 Å². The Kier molecular flexibility index (Phi) is 6.38. The molecular weight excluding hydrogens is 537 g/mol. The second kappa shape index (κ2) is 9.87. The maximum atomic E-state index is 16.4. The SMILES string of the molecule is CCCC1(COc2nc(N3CC4CCC(C3)N4)c3cnc(-c4cccc5c4OC(F)(F)O5)c(F)c3n2)CCCN1C. The average molecular weight is 571 g/mol. The van der Waals surface area contributed by atoms with Crippen LogP contribution < -0.4 is 24.4 Å². The van der Waals surface area contributed by atoms with Gasteiger partial charge in [-0.15, -0.1) is 8.78 Å². The number of hydrogen-bond donors (Lipinski definition) is 1. The van der Waals surface area contributed by atoms with Gasteiger partial charge in [0.15, 0.2) is 17.3 Å².